The lowest BCUT2D eigenvalue weighted by molar-refractivity contribution is 0.586. The minimum absolute atomic E-state index is 0.639. The number of hydrogen-bond donors (Lipinski definition) is 1. The Balaban J connectivity index is 2.53. The van der Waals surface area contributed by atoms with Crippen molar-refractivity contribution in [2.45, 2.75) is 45.6 Å². The molecule has 0 aliphatic rings. The maximum absolute atomic E-state index is 3.60. The minimum Gasteiger partial charge on any atom is -0.382 e. The molecule has 0 bridgehead atoms. The van der Waals surface area contributed by atoms with Crippen LogP contribution in [-0.4, -0.2) is 6.04 Å². The van der Waals surface area contributed by atoms with Gasteiger partial charge in [0.1, 0.15) is 0 Å². The quantitative estimate of drug-likeness (QED) is 0.752. The third kappa shape index (κ3) is 4.87. The van der Waals surface area contributed by atoms with Crippen LogP contribution in [0, 0.1) is 3.57 Å². The van der Waals surface area contributed by atoms with Gasteiger partial charge in [-0.05, 0) is 59.7 Å². The van der Waals surface area contributed by atoms with Crippen LogP contribution >= 0.6 is 22.6 Å². The van der Waals surface area contributed by atoms with Gasteiger partial charge < -0.3 is 5.32 Å². The van der Waals surface area contributed by atoms with Crippen molar-refractivity contribution in [1.29, 1.82) is 0 Å². The highest BCUT2D eigenvalue weighted by Crippen LogP contribution is 2.15. The van der Waals surface area contributed by atoms with E-state index in [1.807, 2.05) is 0 Å². The Morgan fingerprint density at radius 1 is 1.07 bits per heavy atom. The maximum Gasteiger partial charge on any atom is 0.0343 e. The fourth-order valence-corrected chi connectivity index (χ4v) is 2.13. The van der Waals surface area contributed by atoms with E-state index < -0.39 is 0 Å². The number of nitrogens with one attached hydrogen (secondary N) is 1. The lowest BCUT2D eigenvalue weighted by Gasteiger charge is -2.18. The van der Waals surface area contributed by atoms with E-state index in [0.29, 0.717) is 6.04 Å². The highest BCUT2D eigenvalue weighted by Gasteiger charge is 2.05. The standard InChI is InChI=1S/C13H20IN/c1-3-5-12(6-4-2)15-13-9-7-11(14)8-10-13/h7-10,12,15H,3-6H2,1-2H3. The van der Waals surface area contributed by atoms with Gasteiger partial charge in [0.15, 0.2) is 0 Å². The van der Waals surface area contributed by atoms with Crippen LogP contribution in [0.2, 0.25) is 0 Å². The van der Waals surface area contributed by atoms with E-state index in [2.05, 4.69) is 66.0 Å². The molecule has 1 rings (SSSR count). The van der Waals surface area contributed by atoms with Gasteiger partial charge in [-0.3, -0.25) is 0 Å². The van der Waals surface area contributed by atoms with E-state index >= 15 is 0 Å². The predicted molar refractivity (Wildman–Crippen MR) is 76.4 cm³/mol. The second kappa shape index (κ2) is 7.09. The second-order valence-electron chi connectivity index (χ2n) is 3.93. The van der Waals surface area contributed by atoms with Gasteiger partial charge in [0.25, 0.3) is 0 Å². The van der Waals surface area contributed by atoms with E-state index in [1.165, 1.54) is 34.9 Å². The Bertz CT molecular complexity index is 262. The summed E-state index contributed by atoms with van der Waals surface area (Å²) < 4.78 is 1.29. The Morgan fingerprint density at radius 3 is 2.07 bits per heavy atom. The number of anilines is 1. The molecule has 0 aromatic heterocycles. The van der Waals surface area contributed by atoms with Gasteiger partial charge in [-0.15, -0.1) is 0 Å². The summed E-state index contributed by atoms with van der Waals surface area (Å²) in [7, 11) is 0. The molecule has 1 aromatic rings. The van der Waals surface area contributed by atoms with E-state index in [0.717, 1.165) is 0 Å². The fraction of sp³-hybridized carbons (Fsp3) is 0.538. The summed E-state index contributed by atoms with van der Waals surface area (Å²) in [6.07, 6.45) is 5.03. The first kappa shape index (κ1) is 12.8. The molecule has 1 nitrogen and oxygen atoms in total. The topological polar surface area (TPSA) is 12.0 Å². The van der Waals surface area contributed by atoms with Crippen molar-refractivity contribution in [3.8, 4) is 0 Å². The van der Waals surface area contributed by atoms with Crippen LogP contribution in [0.3, 0.4) is 0 Å². The van der Waals surface area contributed by atoms with Gasteiger partial charge >= 0.3 is 0 Å². The molecule has 2 heteroatoms. The van der Waals surface area contributed by atoms with Gasteiger partial charge in [-0.2, -0.15) is 0 Å². The first-order chi connectivity index (χ1) is 7.26. The summed E-state index contributed by atoms with van der Waals surface area (Å²) >= 11 is 2.34. The van der Waals surface area contributed by atoms with Crippen LogP contribution in [0.5, 0.6) is 0 Å². The van der Waals surface area contributed by atoms with Gasteiger partial charge in [0.05, 0.1) is 0 Å². The van der Waals surface area contributed by atoms with Gasteiger partial charge in [-0.25, -0.2) is 0 Å². The average Bonchev–Trinajstić information content (AvgIpc) is 2.22. The molecule has 0 aliphatic carbocycles. The number of benzene rings is 1. The molecule has 0 aliphatic heterocycles. The fourth-order valence-electron chi connectivity index (χ4n) is 1.77. The normalized spacial score (nSPS) is 10.7. The highest BCUT2D eigenvalue weighted by atomic mass is 127. The van der Waals surface area contributed by atoms with Crippen molar-refractivity contribution in [3.63, 3.8) is 0 Å². The predicted octanol–water partition coefficient (Wildman–Crippen LogP) is 4.67. The highest BCUT2D eigenvalue weighted by molar-refractivity contribution is 14.1. The van der Waals surface area contributed by atoms with Crippen molar-refractivity contribution in [2.24, 2.45) is 0 Å². The third-order valence-electron chi connectivity index (χ3n) is 2.49. The summed E-state index contributed by atoms with van der Waals surface area (Å²) in [4.78, 5) is 0. The Hall–Kier alpha value is -0.250. The molecule has 15 heavy (non-hydrogen) atoms. The summed E-state index contributed by atoms with van der Waals surface area (Å²) in [5.41, 5.74) is 1.25. The van der Waals surface area contributed by atoms with Crippen LogP contribution in [-0.2, 0) is 0 Å². The number of halogens is 1. The summed E-state index contributed by atoms with van der Waals surface area (Å²) in [5, 5.41) is 3.60. The SMILES string of the molecule is CCCC(CCC)Nc1ccc(I)cc1. The summed E-state index contributed by atoms with van der Waals surface area (Å²) in [6, 6.07) is 9.27. The van der Waals surface area contributed by atoms with E-state index in [9.17, 15) is 0 Å². The lowest BCUT2D eigenvalue weighted by atomic mass is 10.1. The molecular formula is C13H20IN. The molecule has 0 heterocycles. The van der Waals surface area contributed by atoms with Crippen LogP contribution in [0.1, 0.15) is 39.5 Å². The van der Waals surface area contributed by atoms with Crippen LogP contribution in [0.4, 0.5) is 5.69 Å². The Kier molecular flexibility index (Phi) is 6.06. The minimum atomic E-state index is 0.639. The molecule has 0 saturated carbocycles. The molecule has 1 N–H and O–H groups in total. The largest absolute Gasteiger partial charge is 0.382 e. The summed E-state index contributed by atoms with van der Waals surface area (Å²) in [5.74, 6) is 0. The Labute approximate surface area is 107 Å². The van der Waals surface area contributed by atoms with Gasteiger partial charge in [0.2, 0.25) is 0 Å². The van der Waals surface area contributed by atoms with Crippen molar-refractivity contribution >= 4 is 28.3 Å². The van der Waals surface area contributed by atoms with Gasteiger partial charge in [0, 0.05) is 15.3 Å². The Morgan fingerprint density at radius 2 is 1.60 bits per heavy atom. The van der Waals surface area contributed by atoms with E-state index in [4.69, 9.17) is 0 Å². The van der Waals surface area contributed by atoms with E-state index in [1.54, 1.807) is 0 Å². The molecule has 1 aromatic carbocycles. The van der Waals surface area contributed by atoms with Crippen LogP contribution in [0.15, 0.2) is 24.3 Å². The zero-order chi connectivity index (χ0) is 11.1. The van der Waals surface area contributed by atoms with Gasteiger partial charge in [-0.1, -0.05) is 26.7 Å². The average molecular weight is 317 g/mol. The molecule has 0 saturated heterocycles. The molecule has 0 atom stereocenters. The van der Waals surface area contributed by atoms with E-state index in [-0.39, 0.29) is 0 Å². The zero-order valence-electron chi connectivity index (χ0n) is 9.59. The second-order valence-corrected chi connectivity index (χ2v) is 5.17. The maximum atomic E-state index is 3.60. The number of rotatable bonds is 6. The molecule has 0 spiro atoms. The molecule has 0 radical (unpaired) electrons. The first-order valence-electron chi connectivity index (χ1n) is 5.78. The van der Waals surface area contributed by atoms with Crippen molar-refractivity contribution < 1.29 is 0 Å². The third-order valence-corrected chi connectivity index (χ3v) is 3.21. The molecule has 0 unspecified atom stereocenters. The van der Waals surface area contributed by atoms with Crippen molar-refractivity contribution in [1.82, 2.24) is 0 Å². The smallest absolute Gasteiger partial charge is 0.0343 e. The van der Waals surface area contributed by atoms with Crippen LogP contribution < -0.4 is 5.32 Å². The first-order valence-corrected chi connectivity index (χ1v) is 6.86. The van der Waals surface area contributed by atoms with Crippen molar-refractivity contribution in [3.05, 3.63) is 27.8 Å². The summed E-state index contributed by atoms with van der Waals surface area (Å²) in [6.45, 7) is 4.50. The number of hydrogen-bond acceptors (Lipinski definition) is 1. The molecule has 84 valence electrons. The lowest BCUT2D eigenvalue weighted by Crippen LogP contribution is -2.18. The monoisotopic (exact) mass is 317 g/mol. The van der Waals surface area contributed by atoms with Crippen molar-refractivity contribution in [2.75, 3.05) is 5.32 Å². The molecule has 0 fully saturated rings. The molecule has 0 amide bonds. The zero-order valence-corrected chi connectivity index (χ0v) is 11.8. The van der Waals surface area contributed by atoms with Crippen LogP contribution in [0.25, 0.3) is 0 Å². The molecular weight excluding hydrogens is 297 g/mol.